The first-order chi connectivity index (χ1) is 7.31. The molecule has 0 bridgehead atoms. The highest BCUT2D eigenvalue weighted by Crippen LogP contribution is 2.35. The summed E-state index contributed by atoms with van der Waals surface area (Å²) < 4.78 is 12.8. The zero-order valence-electron chi connectivity index (χ0n) is 8.16. The second kappa shape index (κ2) is 3.23. The molecule has 0 amide bonds. The van der Waals surface area contributed by atoms with Gasteiger partial charge in [0.2, 0.25) is 0 Å². The van der Waals surface area contributed by atoms with Crippen LogP contribution in [-0.4, -0.2) is 24.7 Å². The van der Waals surface area contributed by atoms with E-state index in [1.165, 1.54) is 12.3 Å². The van der Waals surface area contributed by atoms with Crippen molar-refractivity contribution in [2.75, 3.05) is 19.7 Å². The van der Waals surface area contributed by atoms with Gasteiger partial charge in [0.05, 0.1) is 18.5 Å². The smallest absolute Gasteiger partial charge is 0.141 e. The number of hydrogen-bond donors (Lipinski definition) is 2. The van der Waals surface area contributed by atoms with Crippen molar-refractivity contribution < 1.29 is 9.23 Å². The van der Waals surface area contributed by atoms with Crippen LogP contribution < -0.4 is 10.8 Å². The number of fused-ring (bicyclic) bond motifs is 1. The molecule has 2 aliphatic rings. The third-order valence-corrected chi connectivity index (χ3v) is 3.21. The normalized spacial score (nSPS) is 34.3. The summed E-state index contributed by atoms with van der Waals surface area (Å²) in [6.45, 7) is 2.36. The Labute approximate surface area is 86.8 Å². The summed E-state index contributed by atoms with van der Waals surface area (Å²) in [5.41, 5.74) is 3.59. The predicted molar refractivity (Wildman–Crippen MR) is 51.3 cm³/mol. The summed E-state index contributed by atoms with van der Waals surface area (Å²) in [6.07, 6.45) is 1.25. The minimum atomic E-state index is -0.309. The van der Waals surface area contributed by atoms with Crippen LogP contribution in [-0.2, 0) is 10.4 Å². The fraction of sp³-hybridized carbons (Fsp3) is 0.500. The molecular formula is C10H12FN3O. The number of halogens is 1. The van der Waals surface area contributed by atoms with Gasteiger partial charge in [-0.05, 0) is 12.1 Å². The molecule has 0 aromatic carbocycles. The summed E-state index contributed by atoms with van der Waals surface area (Å²) >= 11 is 0. The fourth-order valence-electron chi connectivity index (χ4n) is 2.35. The van der Waals surface area contributed by atoms with Crippen LogP contribution in [0, 0.1) is 11.7 Å². The van der Waals surface area contributed by atoms with E-state index in [1.807, 2.05) is 0 Å². The monoisotopic (exact) mass is 209 g/mol. The third kappa shape index (κ3) is 1.27. The summed E-state index contributed by atoms with van der Waals surface area (Å²) in [4.78, 5) is 9.41. The zero-order chi connectivity index (χ0) is 10.3. The number of hydrogen-bond acceptors (Lipinski definition) is 4. The molecule has 1 aromatic heterocycles. The van der Waals surface area contributed by atoms with Gasteiger partial charge in [0, 0.05) is 19.0 Å². The second-order valence-corrected chi connectivity index (χ2v) is 4.07. The van der Waals surface area contributed by atoms with Gasteiger partial charge in [-0.2, -0.15) is 5.48 Å². The van der Waals surface area contributed by atoms with Gasteiger partial charge in [0.1, 0.15) is 11.4 Å². The summed E-state index contributed by atoms with van der Waals surface area (Å²) in [5.74, 6) is 0.0621. The Hall–Kier alpha value is -1.04. The minimum absolute atomic E-state index is 0.270. The van der Waals surface area contributed by atoms with Crippen molar-refractivity contribution in [2.24, 2.45) is 5.92 Å². The molecule has 80 valence electrons. The van der Waals surface area contributed by atoms with Crippen LogP contribution in [0.25, 0.3) is 0 Å². The van der Waals surface area contributed by atoms with Gasteiger partial charge in [0.25, 0.3) is 0 Å². The van der Waals surface area contributed by atoms with Crippen LogP contribution >= 0.6 is 0 Å². The third-order valence-electron chi connectivity index (χ3n) is 3.21. The van der Waals surface area contributed by atoms with Gasteiger partial charge in [-0.1, -0.05) is 0 Å². The maximum atomic E-state index is 12.8. The molecule has 4 nitrogen and oxygen atoms in total. The Balaban J connectivity index is 2.01. The molecule has 2 atom stereocenters. The lowest BCUT2D eigenvalue weighted by Crippen LogP contribution is -2.43. The van der Waals surface area contributed by atoms with Crippen LogP contribution in [0.4, 0.5) is 4.39 Å². The Morgan fingerprint density at radius 1 is 1.53 bits per heavy atom. The lowest BCUT2D eigenvalue weighted by Gasteiger charge is -2.25. The predicted octanol–water partition coefficient (Wildman–Crippen LogP) is 0.170. The van der Waals surface area contributed by atoms with Crippen molar-refractivity contribution in [3.05, 3.63) is 29.8 Å². The maximum Gasteiger partial charge on any atom is 0.141 e. The lowest BCUT2D eigenvalue weighted by atomic mass is 9.86. The van der Waals surface area contributed by atoms with E-state index in [1.54, 1.807) is 6.07 Å². The van der Waals surface area contributed by atoms with E-state index in [9.17, 15) is 4.39 Å². The van der Waals surface area contributed by atoms with Crippen molar-refractivity contribution in [3.8, 4) is 0 Å². The largest absolute Gasteiger partial charge is 0.314 e. The minimum Gasteiger partial charge on any atom is -0.314 e. The molecule has 0 spiro atoms. The summed E-state index contributed by atoms with van der Waals surface area (Å²) in [7, 11) is 0. The van der Waals surface area contributed by atoms with E-state index in [2.05, 4.69) is 15.8 Å². The van der Waals surface area contributed by atoms with Gasteiger partial charge in [-0.3, -0.25) is 4.98 Å². The molecule has 15 heavy (non-hydrogen) atoms. The standard InChI is InChI=1S/C10H12FN3O/c11-8-1-2-9(13-4-8)10-6-12-3-7(10)5-15-14-10/h1-2,4,7,12,14H,3,5-6H2. The molecule has 3 rings (SSSR count). The van der Waals surface area contributed by atoms with Crippen molar-refractivity contribution in [1.82, 2.24) is 15.8 Å². The molecule has 2 N–H and O–H groups in total. The van der Waals surface area contributed by atoms with Crippen molar-refractivity contribution in [2.45, 2.75) is 5.54 Å². The number of aromatic nitrogens is 1. The van der Waals surface area contributed by atoms with Crippen molar-refractivity contribution in [3.63, 3.8) is 0 Å². The molecule has 2 fully saturated rings. The van der Waals surface area contributed by atoms with Gasteiger partial charge >= 0.3 is 0 Å². The number of pyridine rings is 1. The van der Waals surface area contributed by atoms with E-state index in [4.69, 9.17) is 4.84 Å². The first-order valence-corrected chi connectivity index (χ1v) is 5.03. The molecule has 2 saturated heterocycles. The van der Waals surface area contributed by atoms with E-state index >= 15 is 0 Å². The van der Waals surface area contributed by atoms with Crippen LogP contribution in [0.15, 0.2) is 18.3 Å². The molecule has 3 heterocycles. The van der Waals surface area contributed by atoms with Crippen molar-refractivity contribution >= 4 is 0 Å². The molecule has 2 aliphatic heterocycles. The molecule has 1 aromatic rings. The first kappa shape index (κ1) is 9.21. The second-order valence-electron chi connectivity index (χ2n) is 4.07. The Morgan fingerprint density at radius 3 is 3.27 bits per heavy atom. The highest BCUT2D eigenvalue weighted by Gasteiger charge is 2.49. The summed E-state index contributed by atoms with van der Waals surface area (Å²) in [5, 5.41) is 3.30. The van der Waals surface area contributed by atoms with Gasteiger partial charge in [-0.15, -0.1) is 0 Å². The number of rotatable bonds is 1. The van der Waals surface area contributed by atoms with Crippen LogP contribution in [0.2, 0.25) is 0 Å². The Morgan fingerprint density at radius 2 is 2.47 bits per heavy atom. The molecular weight excluding hydrogens is 197 g/mol. The van der Waals surface area contributed by atoms with E-state index < -0.39 is 0 Å². The first-order valence-electron chi connectivity index (χ1n) is 5.03. The highest BCUT2D eigenvalue weighted by molar-refractivity contribution is 5.22. The van der Waals surface area contributed by atoms with E-state index in [0.717, 1.165) is 18.8 Å². The van der Waals surface area contributed by atoms with E-state index in [-0.39, 0.29) is 11.4 Å². The lowest BCUT2D eigenvalue weighted by molar-refractivity contribution is 0.0587. The SMILES string of the molecule is Fc1ccc(C23CNCC2CON3)nc1. The maximum absolute atomic E-state index is 12.8. The topological polar surface area (TPSA) is 46.2 Å². The fourth-order valence-corrected chi connectivity index (χ4v) is 2.35. The molecule has 5 heteroatoms. The van der Waals surface area contributed by atoms with Gasteiger partial charge in [-0.25, -0.2) is 4.39 Å². The highest BCUT2D eigenvalue weighted by atomic mass is 19.1. The number of nitrogens with zero attached hydrogens (tertiary/aromatic N) is 1. The van der Waals surface area contributed by atoms with Crippen LogP contribution in [0.3, 0.4) is 0 Å². The average molecular weight is 209 g/mol. The number of nitrogens with one attached hydrogen (secondary N) is 2. The molecule has 0 saturated carbocycles. The van der Waals surface area contributed by atoms with Gasteiger partial charge < -0.3 is 10.2 Å². The van der Waals surface area contributed by atoms with E-state index in [0.29, 0.717) is 12.5 Å². The molecule has 0 radical (unpaired) electrons. The van der Waals surface area contributed by atoms with Crippen molar-refractivity contribution in [1.29, 1.82) is 0 Å². The van der Waals surface area contributed by atoms with Gasteiger partial charge in [0.15, 0.2) is 0 Å². The quantitative estimate of drug-likeness (QED) is 0.692. The number of hydroxylamine groups is 1. The molecule has 2 unspecified atom stereocenters. The Kier molecular flexibility index (Phi) is 1.98. The Bertz CT molecular complexity index is 357. The average Bonchev–Trinajstić information content (AvgIpc) is 2.77. The van der Waals surface area contributed by atoms with Crippen LogP contribution in [0.5, 0.6) is 0 Å². The summed E-state index contributed by atoms with van der Waals surface area (Å²) in [6, 6.07) is 3.16. The zero-order valence-corrected chi connectivity index (χ0v) is 8.16. The molecule has 0 aliphatic carbocycles. The van der Waals surface area contributed by atoms with Crippen LogP contribution in [0.1, 0.15) is 5.69 Å².